The van der Waals surface area contributed by atoms with Crippen LogP contribution in [0.5, 0.6) is 0 Å². The Balaban J connectivity index is 1.37. The maximum atomic E-state index is 14.2. The Morgan fingerprint density at radius 1 is 0.950 bits per heavy atom. The van der Waals surface area contributed by atoms with Gasteiger partial charge < -0.3 is 10.3 Å². The van der Waals surface area contributed by atoms with Crippen molar-refractivity contribution in [3.05, 3.63) is 78.6 Å². The lowest BCUT2D eigenvalue weighted by molar-refractivity contribution is -0.117. The molecule has 0 atom stereocenters. The maximum Gasteiger partial charge on any atom is 0.224 e. The standard InChI is InChI=1S/C31H28FN7O/c1-17-7-18(9-21(32)8-17)23-5-6-34-29-24(23)12-26(37-29)28-25-11-20(15-35-30(25)39-38-28)19-10-22(16-33-14-19)36-27(40)13-31(2,3)4/h5-12,14-16H,13H2,1-4H3,(H,34,37)(H,36,40)(H,35,38,39). The average Bonchev–Trinajstić information content (AvgIpc) is 3.50. The Morgan fingerprint density at radius 3 is 2.58 bits per heavy atom. The number of hydrogen-bond donors (Lipinski definition) is 3. The number of nitrogens with zero attached hydrogens (tertiary/aromatic N) is 4. The molecule has 0 saturated carbocycles. The molecule has 3 N–H and O–H groups in total. The first kappa shape index (κ1) is 25.4. The van der Waals surface area contributed by atoms with Crippen LogP contribution in [-0.4, -0.2) is 36.0 Å². The summed E-state index contributed by atoms with van der Waals surface area (Å²) in [5.41, 5.74) is 7.47. The van der Waals surface area contributed by atoms with Gasteiger partial charge in [0.15, 0.2) is 5.65 Å². The summed E-state index contributed by atoms with van der Waals surface area (Å²) in [4.78, 5) is 29.2. The SMILES string of the molecule is Cc1cc(F)cc(-c2ccnc3[nH]c(-c4[nH]nc5ncc(-c6cncc(NC(=O)CC(C)(C)C)c6)cc45)cc23)c1. The number of hydrogen-bond acceptors (Lipinski definition) is 5. The van der Waals surface area contributed by atoms with Crippen molar-refractivity contribution in [3.8, 4) is 33.6 Å². The highest BCUT2D eigenvalue weighted by Crippen LogP contribution is 2.34. The first-order valence-corrected chi connectivity index (χ1v) is 13.0. The van der Waals surface area contributed by atoms with Crippen molar-refractivity contribution in [2.24, 2.45) is 5.41 Å². The number of carbonyl (C=O) groups is 1. The number of carbonyl (C=O) groups excluding carboxylic acids is 1. The van der Waals surface area contributed by atoms with Gasteiger partial charge in [-0.2, -0.15) is 5.10 Å². The molecule has 5 heterocycles. The zero-order valence-electron chi connectivity index (χ0n) is 22.6. The van der Waals surface area contributed by atoms with Crippen LogP contribution in [0.3, 0.4) is 0 Å². The van der Waals surface area contributed by atoms with E-state index in [1.54, 1.807) is 24.8 Å². The number of aryl methyl sites for hydroxylation is 1. The Morgan fingerprint density at radius 2 is 1.77 bits per heavy atom. The molecule has 0 aliphatic heterocycles. The molecule has 0 unspecified atom stereocenters. The molecule has 200 valence electrons. The third-order valence-corrected chi connectivity index (χ3v) is 6.61. The third kappa shape index (κ3) is 5.05. The topological polar surface area (TPSA) is 112 Å². The fraction of sp³-hybridized carbons (Fsp3) is 0.194. The van der Waals surface area contributed by atoms with Crippen molar-refractivity contribution in [1.82, 2.24) is 30.1 Å². The van der Waals surface area contributed by atoms with Gasteiger partial charge in [-0.05, 0) is 65.4 Å². The van der Waals surface area contributed by atoms with E-state index in [2.05, 4.69) is 35.5 Å². The van der Waals surface area contributed by atoms with E-state index in [1.165, 1.54) is 12.1 Å². The minimum Gasteiger partial charge on any atom is -0.338 e. The molecule has 6 aromatic rings. The zero-order valence-corrected chi connectivity index (χ0v) is 22.6. The van der Waals surface area contributed by atoms with E-state index < -0.39 is 0 Å². The van der Waals surface area contributed by atoms with Gasteiger partial charge in [-0.1, -0.05) is 26.8 Å². The van der Waals surface area contributed by atoms with Crippen molar-refractivity contribution in [3.63, 3.8) is 0 Å². The zero-order chi connectivity index (χ0) is 28.0. The Hall–Kier alpha value is -4.92. The molecule has 40 heavy (non-hydrogen) atoms. The lowest BCUT2D eigenvalue weighted by Gasteiger charge is -2.17. The van der Waals surface area contributed by atoms with Gasteiger partial charge in [-0.3, -0.25) is 14.9 Å². The van der Waals surface area contributed by atoms with E-state index in [9.17, 15) is 9.18 Å². The number of pyridine rings is 3. The van der Waals surface area contributed by atoms with E-state index in [-0.39, 0.29) is 17.1 Å². The van der Waals surface area contributed by atoms with Crippen LogP contribution in [0, 0.1) is 18.2 Å². The normalized spacial score (nSPS) is 11.8. The molecule has 9 heteroatoms. The van der Waals surface area contributed by atoms with Crippen molar-refractivity contribution in [2.75, 3.05) is 5.32 Å². The molecular weight excluding hydrogens is 505 g/mol. The summed E-state index contributed by atoms with van der Waals surface area (Å²) >= 11 is 0. The molecular formula is C31H28FN7O. The second-order valence-corrected chi connectivity index (χ2v) is 11.3. The molecule has 0 saturated heterocycles. The molecule has 6 rings (SSSR count). The van der Waals surface area contributed by atoms with Crippen molar-refractivity contribution in [1.29, 1.82) is 0 Å². The highest BCUT2D eigenvalue weighted by molar-refractivity contribution is 6.00. The monoisotopic (exact) mass is 533 g/mol. The van der Waals surface area contributed by atoms with Crippen LogP contribution in [-0.2, 0) is 4.79 Å². The van der Waals surface area contributed by atoms with Crippen LogP contribution in [0.1, 0.15) is 32.8 Å². The Kier molecular flexibility index (Phi) is 6.14. The van der Waals surface area contributed by atoms with Crippen LogP contribution >= 0.6 is 0 Å². The predicted octanol–water partition coefficient (Wildman–Crippen LogP) is 7.05. The number of aromatic nitrogens is 6. The van der Waals surface area contributed by atoms with E-state index >= 15 is 0 Å². The number of fused-ring (bicyclic) bond motifs is 2. The second kappa shape index (κ2) is 9.68. The van der Waals surface area contributed by atoms with Gasteiger partial charge in [-0.25, -0.2) is 14.4 Å². The number of H-pyrrole nitrogens is 2. The van der Waals surface area contributed by atoms with Crippen LogP contribution in [0.25, 0.3) is 55.7 Å². The molecule has 0 radical (unpaired) electrons. The molecule has 0 aliphatic rings. The average molecular weight is 534 g/mol. The fourth-order valence-corrected chi connectivity index (χ4v) is 4.92. The minimum atomic E-state index is -0.277. The van der Waals surface area contributed by atoms with Crippen molar-refractivity contribution >= 4 is 33.7 Å². The molecule has 8 nitrogen and oxygen atoms in total. The maximum absolute atomic E-state index is 14.2. The molecule has 0 bridgehead atoms. The van der Waals surface area contributed by atoms with Gasteiger partial charge in [0, 0.05) is 46.9 Å². The van der Waals surface area contributed by atoms with Gasteiger partial charge in [0.1, 0.15) is 11.5 Å². The Labute approximate surface area is 230 Å². The number of nitrogens with one attached hydrogen (secondary N) is 3. The van der Waals surface area contributed by atoms with Gasteiger partial charge in [0.25, 0.3) is 0 Å². The van der Waals surface area contributed by atoms with Crippen LogP contribution in [0.15, 0.2) is 67.3 Å². The predicted molar refractivity (Wildman–Crippen MR) is 155 cm³/mol. The number of halogens is 1. The smallest absolute Gasteiger partial charge is 0.224 e. The lowest BCUT2D eigenvalue weighted by Crippen LogP contribution is -2.19. The first-order valence-electron chi connectivity index (χ1n) is 13.0. The number of rotatable bonds is 5. The summed E-state index contributed by atoms with van der Waals surface area (Å²) in [5.74, 6) is -0.335. The van der Waals surface area contributed by atoms with Gasteiger partial charge in [0.2, 0.25) is 5.91 Å². The largest absolute Gasteiger partial charge is 0.338 e. The second-order valence-electron chi connectivity index (χ2n) is 11.3. The van der Waals surface area contributed by atoms with Crippen LogP contribution in [0.2, 0.25) is 0 Å². The first-order chi connectivity index (χ1) is 19.1. The molecule has 0 fully saturated rings. The number of amides is 1. The molecule has 0 aliphatic carbocycles. The van der Waals surface area contributed by atoms with E-state index in [0.717, 1.165) is 50.0 Å². The van der Waals surface area contributed by atoms with E-state index in [0.29, 0.717) is 23.4 Å². The number of aromatic amines is 2. The molecule has 5 aromatic heterocycles. The van der Waals surface area contributed by atoms with Gasteiger partial charge in [0.05, 0.1) is 23.3 Å². The summed E-state index contributed by atoms with van der Waals surface area (Å²) < 4.78 is 14.2. The summed E-state index contributed by atoms with van der Waals surface area (Å²) in [6.45, 7) is 7.95. The van der Waals surface area contributed by atoms with Crippen LogP contribution in [0.4, 0.5) is 10.1 Å². The van der Waals surface area contributed by atoms with Crippen LogP contribution < -0.4 is 5.32 Å². The minimum absolute atomic E-state index is 0.0580. The van der Waals surface area contributed by atoms with Crippen molar-refractivity contribution in [2.45, 2.75) is 34.1 Å². The highest BCUT2D eigenvalue weighted by Gasteiger charge is 2.18. The number of benzene rings is 1. The van der Waals surface area contributed by atoms with Gasteiger partial charge >= 0.3 is 0 Å². The third-order valence-electron chi connectivity index (χ3n) is 6.61. The molecule has 1 aromatic carbocycles. The Bertz CT molecular complexity index is 1880. The number of anilines is 1. The highest BCUT2D eigenvalue weighted by atomic mass is 19.1. The summed E-state index contributed by atoms with van der Waals surface area (Å²) in [6.07, 6.45) is 7.23. The van der Waals surface area contributed by atoms with Crippen molar-refractivity contribution < 1.29 is 9.18 Å². The summed E-state index contributed by atoms with van der Waals surface area (Å²) in [5, 5.41) is 12.1. The molecule has 1 amide bonds. The van der Waals surface area contributed by atoms with E-state index in [1.807, 2.05) is 58.0 Å². The lowest BCUT2D eigenvalue weighted by atomic mass is 9.92. The quantitative estimate of drug-likeness (QED) is 0.220. The summed E-state index contributed by atoms with van der Waals surface area (Å²) in [6, 6.07) is 12.8. The van der Waals surface area contributed by atoms with Gasteiger partial charge in [-0.15, -0.1) is 0 Å². The fourth-order valence-electron chi connectivity index (χ4n) is 4.92. The van der Waals surface area contributed by atoms with E-state index in [4.69, 9.17) is 0 Å². The molecule has 0 spiro atoms. The summed E-state index contributed by atoms with van der Waals surface area (Å²) in [7, 11) is 0.